The van der Waals surface area contributed by atoms with E-state index in [9.17, 15) is 9.50 Å². The van der Waals surface area contributed by atoms with Crippen molar-refractivity contribution in [1.82, 2.24) is 0 Å². The van der Waals surface area contributed by atoms with Gasteiger partial charge >= 0.3 is 0 Å². The Kier molecular flexibility index (Phi) is 5.20. The summed E-state index contributed by atoms with van der Waals surface area (Å²) in [5.41, 5.74) is 1.37. The fourth-order valence-corrected chi connectivity index (χ4v) is 2.53. The summed E-state index contributed by atoms with van der Waals surface area (Å²) in [5, 5.41) is 9.67. The van der Waals surface area contributed by atoms with Gasteiger partial charge in [0.25, 0.3) is 0 Å². The van der Waals surface area contributed by atoms with Crippen molar-refractivity contribution >= 4 is 15.9 Å². The van der Waals surface area contributed by atoms with Gasteiger partial charge < -0.3 is 14.6 Å². The summed E-state index contributed by atoms with van der Waals surface area (Å²) in [6.45, 7) is 1.89. The molecule has 0 amide bonds. The van der Waals surface area contributed by atoms with Crippen molar-refractivity contribution in [2.75, 3.05) is 7.11 Å². The molecule has 0 saturated carbocycles. The minimum atomic E-state index is -0.793. The van der Waals surface area contributed by atoms with E-state index in [1.54, 1.807) is 14.0 Å². The third-order valence-electron chi connectivity index (χ3n) is 3.03. The van der Waals surface area contributed by atoms with Gasteiger partial charge in [-0.15, -0.1) is 0 Å². The molecular formula is C16H16BrFO3. The number of aliphatic hydroxyl groups excluding tert-OH is 1. The highest BCUT2D eigenvalue weighted by Crippen LogP contribution is 2.29. The molecular weight excluding hydrogens is 339 g/mol. The first kappa shape index (κ1) is 15.8. The summed E-state index contributed by atoms with van der Waals surface area (Å²) in [6.07, 6.45) is -0.793. The van der Waals surface area contributed by atoms with E-state index in [0.717, 1.165) is 15.8 Å². The van der Waals surface area contributed by atoms with Crippen molar-refractivity contribution in [2.24, 2.45) is 0 Å². The molecule has 2 aromatic rings. The monoisotopic (exact) mass is 354 g/mol. The molecule has 1 N–H and O–H groups in total. The first-order valence-corrected chi connectivity index (χ1v) is 7.23. The highest BCUT2D eigenvalue weighted by molar-refractivity contribution is 9.10. The molecule has 112 valence electrons. The maximum atomic E-state index is 13.2. The lowest BCUT2D eigenvalue weighted by atomic mass is 10.1. The van der Waals surface area contributed by atoms with Crippen LogP contribution < -0.4 is 9.47 Å². The largest absolute Gasteiger partial charge is 0.496 e. The minimum absolute atomic E-state index is 0.313. The zero-order chi connectivity index (χ0) is 15.4. The number of hydrogen-bond donors (Lipinski definition) is 1. The van der Waals surface area contributed by atoms with E-state index in [1.807, 2.05) is 18.2 Å². The Bertz CT molecular complexity index is 629. The van der Waals surface area contributed by atoms with Gasteiger partial charge in [-0.05, 0) is 58.7 Å². The van der Waals surface area contributed by atoms with Gasteiger partial charge in [0, 0.05) is 5.56 Å². The lowest BCUT2D eigenvalue weighted by Gasteiger charge is -2.14. The molecule has 0 aliphatic heterocycles. The van der Waals surface area contributed by atoms with Crippen molar-refractivity contribution in [1.29, 1.82) is 0 Å². The Morgan fingerprint density at radius 3 is 2.52 bits per heavy atom. The van der Waals surface area contributed by atoms with E-state index in [-0.39, 0.29) is 0 Å². The van der Waals surface area contributed by atoms with Crippen LogP contribution in [-0.2, 0) is 6.61 Å². The third kappa shape index (κ3) is 3.95. The van der Waals surface area contributed by atoms with E-state index in [2.05, 4.69) is 15.9 Å². The van der Waals surface area contributed by atoms with Crippen LogP contribution in [0, 0.1) is 5.82 Å². The molecule has 0 radical (unpaired) electrons. The molecule has 5 heteroatoms. The van der Waals surface area contributed by atoms with Crippen LogP contribution in [0.5, 0.6) is 11.5 Å². The lowest BCUT2D eigenvalue weighted by molar-refractivity contribution is 0.189. The summed E-state index contributed by atoms with van der Waals surface area (Å²) >= 11 is 3.41. The number of halogens is 2. The first-order valence-electron chi connectivity index (χ1n) is 6.44. The Morgan fingerprint density at radius 2 is 1.90 bits per heavy atom. The number of rotatable bonds is 5. The lowest BCUT2D eigenvalue weighted by Crippen LogP contribution is -2.02. The fourth-order valence-electron chi connectivity index (χ4n) is 1.94. The van der Waals surface area contributed by atoms with Crippen LogP contribution in [0.25, 0.3) is 0 Å². The maximum Gasteiger partial charge on any atom is 0.133 e. The van der Waals surface area contributed by atoms with Crippen molar-refractivity contribution < 1.29 is 19.0 Å². The van der Waals surface area contributed by atoms with E-state index >= 15 is 0 Å². The highest BCUT2D eigenvalue weighted by atomic mass is 79.9. The number of methoxy groups -OCH3 is 1. The normalized spacial score (nSPS) is 12.0. The van der Waals surface area contributed by atoms with Crippen molar-refractivity contribution in [3.63, 3.8) is 0 Å². The molecule has 2 aromatic carbocycles. The molecule has 0 unspecified atom stereocenters. The van der Waals surface area contributed by atoms with Gasteiger partial charge in [0.05, 0.1) is 17.7 Å². The molecule has 0 fully saturated rings. The molecule has 0 saturated heterocycles. The molecule has 0 aliphatic carbocycles. The van der Waals surface area contributed by atoms with E-state index in [0.29, 0.717) is 17.9 Å². The van der Waals surface area contributed by atoms with Crippen LogP contribution in [0.2, 0.25) is 0 Å². The quantitative estimate of drug-likeness (QED) is 0.873. The summed E-state index contributed by atoms with van der Waals surface area (Å²) in [7, 11) is 1.60. The van der Waals surface area contributed by atoms with Gasteiger partial charge in [-0.2, -0.15) is 0 Å². The molecule has 1 atom stereocenters. The smallest absolute Gasteiger partial charge is 0.133 e. The van der Waals surface area contributed by atoms with E-state index in [4.69, 9.17) is 9.47 Å². The zero-order valence-corrected chi connectivity index (χ0v) is 13.4. The highest BCUT2D eigenvalue weighted by Gasteiger charge is 2.11. The predicted molar refractivity (Wildman–Crippen MR) is 82.1 cm³/mol. The zero-order valence-electron chi connectivity index (χ0n) is 11.8. The minimum Gasteiger partial charge on any atom is -0.496 e. The molecule has 0 spiro atoms. The number of ether oxygens (including phenoxy) is 2. The van der Waals surface area contributed by atoms with Crippen molar-refractivity contribution in [3.8, 4) is 11.5 Å². The molecule has 3 nitrogen and oxygen atoms in total. The van der Waals surface area contributed by atoms with Gasteiger partial charge in [-0.1, -0.05) is 6.07 Å². The van der Waals surface area contributed by atoms with Crippen LogP contribution in [-0.4, -0.2) is 12.2 Å². The second kappa shape index (κ2) is 6.91. The molecule has 0 bridgehead atoms. The third-order valence-corrected chi connectivity index (χ3v) is 3.65. The predicted octanol–water partition coefficient (Wildman–Crippen LogP) is 4.23. The second-order valence-electron chi connectivity index (χ2n) is 4.62. The maximum absolute atomic E-state index is 13.2. The Hall–Kier alpha value is -1.59. The second-order valence-corrected chi connectivity index (χ2v) is 5.47. The Balaban J connectivity index is 2.15. The van der Waals surface area contributed by atoms with E-state index in [1.165, 1.54) is 18.2 Å². The average molecular weight is 355 g/mol. The Labute approximate surface area is 131 Å². The van der Waals surface area contributed by atoms with Gasteiger partial charge in [0.2, 0.25) is 0 Å². The summed E-state index contributed by atoms with van der Waals surface area (Å²) in [5.74, 6) is 0.814. The van der Waals surface area contributed by atoms with Crippen LogP contribution in [0.15, 0.2) is 40.9 Å². The molecule has 0 aromatic heterocycles. The van der Waals surface area contributed by atoms with Gasteiger partial charge in [0.1, 0.15) is 23.9 Å². The fraction of sp³-hybridized carbons (Fsp3) is 0.250. The van der Waals surface area contributed by atoms with Gasteiger partial charge in [-0.25, -0.2) is 4.39 Å². The van der Waals surface area contributed by atoms with Crippen LogP contribution in [0.4, 0.5) is 4.39 Å². The number of hydrogen-bond acceptors (Lipinski definition) is 3. The van der Waals surface area contributed by atoms with Crippen LogP contribution in [0.1, 0.15) is 24.2 Å². The summed E-state index contributed by atoms with van der Waals surface area (Å²) in [4.78, 5) is 0. The van der Waals surface area contributed by atoms with Crippen LogP contribution >= 0.6 is 15.9 Å². The summed E-state index contributed by atoms with van der Waals surface area (Å²) in [6, 6.07) is 9.73. The van der Waals surface area contributed by atoms with E-state index < -0.39 is 11.9 Å². The Morgan fingerprint density at radius 1 is 1.19 bits per heavy atom. The number of aliphatic hydroxyl groups is 1. The summed E-state index contributed by atoms with van der Waals surface area (Å²) < 4.78 is 24.9. The van der Waals surface area contributed by atoms with Crippen molar-refractivity contribution in [2.45, 2.75) is 19.6 Å². The standard InChI is InChI=1S/C16H16BrFO3/c1-10(19)13-8-12(18)4-6-15(13)21-9-11-3-5-16(20-2)14(17)7-11/h3-8,10,19H,9H2,1-2H3/t10-/m1/s1. The molecule has 0 heterocycles. The van der Waals surface area contributed by atoms with Crippen molar-refractivity contribution in [3.05, 3.63) is 57.8 Å². The van der Waals surface area contributed by atoms with Crippen LogP contribution in [0.3, 0.4) is 0 Å². The molecule has 0 aliphatic rings. The van der Waals surface area contributed by atoms with Gasteiger partial charge in [0.15, 0.2) is 0 Å². The molecule has 21 heavy (non-hydrogen) atoms. The first-order chi connectivity index (χ1) is 10.0. The SMILES string of the molecule is COc1ccc(COc2ccc(F)cc2[C@@H](C)O)cc1Br. The topological polar surface area (TPSA) is 38.7 Å². The average Bonchev–Trinajstić information content (AvgIpc) is 2.46. The number of benzene rings is 2. The van der Waals surface area contributed by atoms with Gasteiger partial charge in [-0.3, -0.25) is 0 Å². The molecule has 2 rings (SSSR count).